The Morgan fingerprint density at radius 3 is 2.27 bits per heavy atom. The number of aryl methyl sites for hydroxylation is 2. The number of carbonyl (C=O) groups excluding carboxylic acids is 3. The summed E-state index contributed by atoms with van der Waals surface area (Å²) in [5, 5.41) is 5.40. The molecule has 0 aliphatic heterocycles. The average Bonchev–Trinajstić information content (AvgIpc) is 2.61. The Labute approximate surface area is 156 Å². The van der Waals surface area contributed by atoms with Gasteiger partial charge >= 0.3 is 5.97 Å². The van der Waals surface area contributed by atoms with E-state index in [4.69, 9.17) is 16.3 Å². The summed E-state index contributed by atoms with van der Waals surface area (Å²) in [6, 6.07) is 12.0. The van der Waals surface area contributed by atoms with Gasteiger partial charge in [0.25, 0.3) is 5.91 Å². The highest BCUT2D eigenvalue weighted by Gasteiger charge is 2.14. The molecule has 0 heterocycles. The van der Waals surface area contributed by atoms with Gasteiger partial charge in [0.05, 0.1) is 17.1 Å². The van der Waals surface area contributed by atoms with Crippen LogP contribution in [0, 0.1) is 13.8 Å². The SMILES string of the molecule is Cc1cccc(C)c1NC(=O)CNC(=O)COC(=O)c1ccccc1Cl. The smallest absolute Gasteiger partial charge is 0.340 e. The third-order valence-corrected chi connectivity index (χ3v) is 3.95. The summed E-state index contributed by atoms with van der Waals surface area (Å²) in [5.74, 6) is -1.65. The van der Waals surface area contributed by atoms with Gasteiger partial charge in [-0.15, -0.1) is 0 Å². The second kappa shape index (κ2) is 9.01. The minimum Gasteiger partial charge on any atom is -0.452 e. The third kappa shape index (κ3) is 5.32. The summed E-state index contributed by atoms with van der Waals surface area (Å²) in [5.41, 5.74) is 2.75. The van der Waals surface area contributed by atoms with Crippen LogP contribution in [0.15, 0.2) is 42.5 Å². The topological polar surface area (TPSA) is 84.5 Å². The zero-order valence-corrected chi connectivity index (χ0v) is 15.2. The van der Waals surface area contributed by atoms with Crippen LogP contribution in [0.4, 0.5) is 5.69 Å². The maximum absolute atomic E-state index is 12.0. The van der Waals surface area contributed by atoms with Gasteiger partial charge in [-0.1, -0.05) is 41.9 Å². The first-order valence-electron chi connectivity index (χ1n) is 7.93. The molecule has 0 saturated carbocycles. The Morgan fingerprint density at radius 1 is 0.962 bits per heavy atom. The second-order valence-corrected chi connectivity index (χ2v) is 6.05. The molecular weight excluding hydrogens is 356 g/mol. The Kier molecular flexibility index (Phi) is 6.74. The van der Waals surface area contributed by atoms with Gasteiger partial charge in [-0.2, -0.15) is 0 Å². The fourth-order valence-corrected chi connectivity index (χ4v) is 2.47. The quantitative estimate of drug-likeness (QED) is 0.761. The van der Waals surface area contributed by atoms with Gasteiger partial charge in [0, 0.05) is 5.69 Å². The number of hydrogen-bond donors (Lipinski definition) is 2. The van der Waals surface area contributed by atoms with Crippen LogP contribution in [0.3, 0.4) is 0 Å². The first-order valence-corrected chi connectivity index (χ1v) is 8.30. The van der Waals surface area contributed by atoms with E-state index in [0.29, 0.717) is 0 Å². The van der Waals surface area contributed by atoms with Gasteiger partial charge in [0.1, 0.15) is 0 Å². The zero-order valence-electron chi connectivity index (χ0n) is 14.5. The summed E-state index contributed by atoms with van der Waals surface area (Å²) < 4.78 is 4.89. The molecule has 2 rings (SSSR count). The lowest BCUT2D eigenvalue weighted by molar-refractivity contribution is -0.126. The molecule has 0 fully saturated rings. The largest absolute Gasteiger partial charge is 0.452 e. The van der Waals surface area contributed by atoms with Crippen molar-refractivity contribution in [3.8, 4) is 0 Å². The molecular formula is C19H19ClN2O4. The predicted molar refractivity (Wildman–Crippen MR) is 99.3 cm³/mol. The van der Waals surface area contributed by atoms with E-state index in [0.717, 1.165) is 16.8 Å². The van der Waals surface area contributed by atoms with Gasteiger partial charge in [-0.25, -0.2) is 4.79 Å². The Morgan fingerprint density at radius 2 is 1.62 bits per heavy atom. The number of anilines is 1. The Bertz CT molecular complexity index is 816. The number of amides is 2. The Balaban J connectivity index is 1.79. The lowest BCUT2D eigenvalue weighted by Crippen LogP contribution is -2.35. The highest BCUT2D eigenvalue weighted by atomic mass is 35.5. The number of esters is 1. The van der Waals surface area contributed by atoms with Crippen molar-refractivity contribution in [1.29, 1.82) is 0 Å². The molecule has 0 spiro atoms. The van der Waals surface area contributed by atoms with Crippen LogP contribution < -0.4 is 10.6 Å². The van der Waals surface area contributed by atoms with Gasteiger partial charge in [0.2, 0.25) is 5.91 Å². The van der Waals surface area contributed by atoms with Crippen molar-refractivity contribution in [3.05, 3.63) is 64.2 Å². The summed E-state index contributed by atoms with van der Waals surface area (Å²) in [6.45, 7) is 3.04. The third-order valence-electron chi connectivity index (χ3n) is 3.62. The van der Waals surface area contributed by atoms with Gasteiger partial charge in [-0.3, -0.25) is 9.59 Å². The van der Waals surface area contributed by atoms with Crippen LogP contribution in [0.5, 0.6) is 0 Å². The molecule has 136 valence electrons. The molecule has 2 amide bonds. The number of ether oxygens (including phenoxy) is 1. The summed E-state index contributed by atoms with van der Waals surface area (Å²) in [4.78, 5) is 35.6. The summed E-state index contributed by atoms with van der Waals surface area (Å²) in [7, 11) is 0. The molecule has 6 nitrogen and oxygen atoms in total. The summed E-state index contributed by atoms with van der Waals surface area (Å²) in [6.07, 6.45) is 0. The maximum atomic E-state index is 12.0. The van der Waals surface area contributed by atoms with Gasteiger partial charge in [-0.05, 0) is 37.1 Å². The number of para-hydroxylation sites is 1. The number of halogens is 1. The van der Waals surface area contributed by atoms with Gasteiger partial charge < -0.3 is 15.4 Å². The number of hydrogen-bond acceptors (Lipinski definition) is 4. The second-order valence-electron chi connectivity index (χ2n) is 5.65. The molecule has 2 N–H and O–H groups in total. The fraction of sp³-hybridized carbons (Fsp3) is 0.211. The van der Waals surface area contributed by atoms with Crippen LogP contribution in [-0.4, -0.2) is 30.9 Å². The van der Waals surface area contributed by atoms with Gasteiger partial charge in [0.15, 0.2) is 6.61 Å². The molecule has 0 aromatic heterocycles. The Hall–Kier alpha value is -2.86. The van der Waals surface area contributed by atoms with Crippen molar-refractivity contribution in [1.82, 2.24) is 5.32 Å². The van der Waals surface area contributed by atoms with E-state index in [-0.39, 0.29) is 23.0 Å². The van der Waals surface area contributed by atoms with Crippen molar-refractivity contribution in [3.63, 3.8) is 0 Å². The number of nitrogens with one attached hydrogen (secondary N) is 2. The van der Waals surface area contributed by atoms with E-state index in [1.54, 1.807) is 18.2 Å². The minimum atomic E-state index is -0.703. The van der Waals surface area contributed by atoms with Crippen LogP contribution in [0.25, 0.3) is 0 Å². The van der Waals surface area contributed by atoms with Crippen molar-refractivity contribution in [2.24, 2.45) is 0 Å². The molecule has 7 heteroatoms. The van der Waals surface area contributed by atoms with Crippen LogP contribution in [0.2, 0.25) is 5.02 Å². The predicted octanol–water partition coefficient (Wildman–Crippen LogP) is 2.87. The monoisotopic (exact) mass is 374 g/mol. The molecule has 0 atom stereocenters. The van der Waals surface area contributed by atoms with E-state index < -0.39 is 18.5 Å². The van der Waals surface area contributed by atoms with E-state index in [1.807, 2.05) is 32.0 Å². The average molecular weight is 375 g/mol. The molecule has 2 aromatic rings. The summed E-state index contributed by atoms with van der Waals surface area (Å²) >= 11 is 5.89. The van der Waals surface area contributed by atoms with E-state index in [2.05, 4.69) is 10.6 Å². The fourth-order valence-electron chi connectivity index (χ4n) is 2.26. The lowest BCUT2D eigenvalue weighted by atomic mass is 10.1. The number of benzene rings is 2. The van der Waals surface area contributed by atoms with Crippen molar-refractivity contribution >= 4 is 35.1 Å². The first kappa shape index (κ1) is 19.5. The first-order chi connectivity index (χ1) is 12.4. The molecule has 26 heavy (non-hydrogen) atoms. The molecule has 0 bridgehead atoms. The highest BCUT2D eigenvalue weighted by molar-refractivity contribution is 6.33. The number of carbonyl (C=O) groups is 3. The number of rotatable bonds is 6. The van der Waals surface area contributed by atoms with E-state index in [1.165, 1.54) is 6.07 Å². The minimum absolute atomic E-state index is 0.176. The molecule has 0 radical (unpaired) electrons. The molecule has 0 unspecified atom stereocenters. The molecule has 0 aliphatic rings. The normalized spacial score (nSPS) is 10.1. The molecule has 0 saturated heterocycles. The van der Waals surface area contributed by atoms with Crippen LogP contribution in [0.1, 0.15) is 21.5 Å². The van der Waals surface area contributed by atoms with Crippen molar-refractivity contribution < 1.29 is 19.1 Å². The maximum Gasteiger partial charge on any atom is 0.340 e. The van der Waals surface area contributed by atoms with Crippen LogP contribution in [-0.2, 0) is 14.3 Å². The van der Waals surface area contributed by atoms with E-state index >= 15 is 0 Å². The van der Waals surface area contributed by atoms with E-state index in [9.17, 15) is 14.4 Å². The highest BCUT2D eigenvalue weighted by Crippen LogP contribution is 2.19. The molecule has 0 aliphatic carbocycles. The van der Waals surface area contributed by atoms with Crippen molar-refractivity contribution in [2.75, 3.05) is 18.5 Å². The van der Waals surface area contributed by atoms with Crippen molar-refractivity contribution in [2.45, 2.75) is 13.8 Å². The molecule has 2 aromatic carbocycles. The lowest BCUT2D eigenvalue weighted by Gasteiger charge is -2.12. The van der Waals surface area contributed by atoms with Crippen LogP contribution >= 0.6 is 11.6 Å². The standard InChI is InChI=1S/C19H19ClN2O4/c1-12-6-5-7-13(2)18(12)22-16(23)10-21-17(24)11-26-19(25)14-8-3-4-9-15(14)20/h3-9H,10-11H2,1-2H3,(H,21,24)(H,22,23). The zero-order chi connectivity index (χ0) is 19.1.